The molecular weight excluding hydrogens is 526 g/mol. The van der Waals surface area contributed by atoms with Gasteiger partial charge in [-0.2, -0.15) is 0 Å². The van der Waals surface area contributed by atoms with Crippen molar-refractivity contribution < 1.29 is 34.2 Å². The van der Waals surface area contributed by atoms with Crippen molar-refractivity contribution in [2.75, 3.05) is 33.1 Å². The second-order valence-electron chi connectivity index (χ2n) is 11.6. The van der Waals surface area contributed by atoms with Gasteiger partial charge in [0, 0.05) is 31.3 Å². The highest BCUT2D eigenvalue weighted by atomic mass is 16.3. The first-order chi connectivity index (χ1) is 19.3. The van der Waals surface area contributed by atoms with Gasteiger partial charge in [-0.15, -0.1) is 0 Å². The molecule has 0 aromatic heterocycles. The molecule has 0 heterocycles. The van der Waals surface area contributed by atoms with Gasteiger partial charge in [-0.05, 0) is 50.0 Å². The predicted molar refractivity (Wildman–Crippen MR) is 151 cm³/mol. The van der Waals surface area contributed by atoms with Crippen molar-refractivity contribution in [1.82, 2.24) is 4.90 Å². The number of likely N-dealkylation sites (N-methyl/N-ethyl adjacent to an activating group) is 1. The Balaban J connectivity index is 1.64. The monoisotopic (exact) mass is 559 g/mol. The molecule has 4 N–H and O–H groups in total. The van der Waals surface area contributed by atoms with Crippen LogP contribution in [0.5, 0.6) is 5.75 Å². The smallest absolute Gasteiger partial charge is 0.235 e. The van der Waals surface area contributed by atoms with Gasteiger partial charge in [0.2, 0.25) is 5.91 Å². The van der Waals surface area contributed by atoms with Crippen LogP contribution in [0.4, 0.5) is 5.69 Å². The molecule has 10 heteroatoms. The van der Waals surface area contributed by atoms with Gasteiger partial charge in [-0.1, -0.05) is 42.5 Å². The number of ketones is 4. The number of hydrogen-bond donors (Lipinski definition) is 3. The number of nitrogens with zero attached hydrogens (tertiary/aromatic N) is 2. The normalized spacial score (nSPS) is 29.4. The third-order valence-corrected chi connectivity index (χ3v) is 8.80. The van der Waals surface area contributed by atoms with Crippen molar-refractivity contribution in [3.63, 3.8) is 0 Å². The topological polar surface area (TPSA) is 158 Å². The molecule has 0 spiro atoms. The Hall–Kier alpha value is -4.15. The molecule has 3 aliphatic carbocycles. The van der Waals surface area contributed by atoms with Crippen LogP contribution in [0.15, 0.2) is 36.4 Å². The Morgan fingerprint density at radius 3 is 2.27 bits per heavy atom. The number of aromatic hydroxyl groups is 1. The molecule has 0 bridgehead atoms. The van der Waals surface area contributed by atoms with Crippen LogP contribution in [0.3, 0.4) is 0 Å². The Kier molecular flexibility index (Phi) is 6.95. The number of anilines is 1. The number of aliphatic hydroxyl groups is 1. The van der Waals surface area contributed by atoms with E-state index in [0.717, 1.165) is 5.56 Å². The minimum Gasteiger partial charge on any atom is -0.507 e. The Labute approximate surface area is 237 Å². The van der Waals surface area contributed by atoms with Crippen LogP contribution in [0.2, 0.25) is 0 Å². The minimum atomic E-state index is -2.75. The van der Waals surface area contributed by atoms with Crippen molar-refractivity contribution >= 4 is 46.9 Å². The maximum Gasteiger partial charge on any atom is 0.235 e. The first-order valence-electron chi connectivity index (χ1n) is 13.4. The number of carbonyl (C=O) groups is 5. The van der Waals surface area contributed by atoms with Crippen molar-refractivity contribution in [2.45, 2.75) is 24.5 Å². The van der Waals surface area contributed by atoms with E-state index >= 15 is 0 Å². The van der Waals surface area contributed by atoms with E-state index in [0.29, 0.717) is 16.8 Å². The lowest BCUT2D eigenvalue weighted by Gasteiger charge is -2.52. The summed E-state index contributed by atoms with van der Waals surface area (Å²) < 4.78 is 0. The Morgan fingerprint density at radius 2 is 1.68 bits per heavy atom. The number of benzene rings is 2. The SMILES string of the molecule is CN(C)c1cc(/C=C/c2ccccc2)c(O)c2c1CC1CC3[C@H](N(C)C)C(=O)C(C(N)=O)C(=O)[C@@]3(O)C(=O)C1C2=O. The van der Waals surface area contributed by atoms with Gasteiger partial charge in [-0.3, -0.25) is 28.9 Å². The Bertz CT molecular complexity index is 1510. The number of rotatable bonds is 5. The molecule has 6 atom stereocenters. The summed E-state index contributed by atoms with van der Waals surface area (Å²) in [6.45, 7) is 0. The molecule has 1 amide bonds. The standard InChI is InChI=1S/C31H33N3O7/c1-33(2)20-14-16(11-10-15-8-6-5-7-9-15)25(35)22-18(20)12-17-13-19-24(34(3)4)27(37)23(30(32)40)29(39)31(19,41)28(38)21(17)26(22)36/h5-11,14,17,19,21,23-24,35,41H,12-13H2,1-4H3,(H2,32,40)/b11-10+/t17?,19?,21?,23?,24-,31-/m0/s1. The van der Waals surface area contributed by atoms with Crippen LogP contribution >= 0.6 is 0 Å². The predicted octanol–water partition coefficient (Wildman–Crippen LogP) is 1.10. The van der Waals surface area contributed by atoms with Crippen LogP contribution in [0.25, 0.3) is 12.2 Å². The van der Waals surface area contributed by atoms with E-state index in [1.165, 1.54) is 4.90 Å². The van der Waals surface area contributed by atoms with Crippen molar-refractivity contribution in [2.24, 2.45) is 29.4 Å². The summed E-state index contributed by atoms with van der Waals surface area (Å²) in [5.41, 5.74) is 5.07. The molecule has 10 nitrogen and oxygen atoms in total. The highest BCUT2D eigenvalue weighted by molar-refractivity contribution is 6.32. The highest BCUT2D eigenvalue weighted by Gasteiger charge is 2.69. The van der Waals surface area contributed by atoms with E-state index in [1.807, 2.05) is 49.3 Å². The van der Waals surface area contributed by atoms with Gasteiger partial charge in [0.1, 0.15) is 5.75 Å². The number of carbonyl (C=O) groups excluding carboxylic acids is 5. The quantitative estimate of drug-likeness (QED) is 0.360. The van der Waals surface area contributed by atoms with Crippen molar-refractivity contribution in [1.29, 1.82) is 0 Å². The molecule has 0 radical (unpaired) electrons. The molecule has 2 fully saturated rings. The lowest BCUT2D eigenvalue weighted by atomic mass is 9.52. The summed E-state index contributed by atoms with van der Waals surface area (Å²) in [7, 11) is 6.73. The average Bonchev–Trinajstić information content (AvgIpc) is 2.90. The number of amides is 1. The lowest BCUT2D eigenvalue weighted by Crippen LogP contribution is -2.74. The van der Waals surface area contributed by atoms with Gasteiger partial charge in [0.25, 0.3) is 0 Å². The van der Waals surface area contributed by atoms with Crippen LogP contribution in [0, 0.1) is 23.7 Å². The number of phenolic OH excluding ortho intramolecular Hbond substituents is 1. The maximum absolute atomic E-state index is 14.1. The number of fused-ring (bicyclic) bond motifs is 3. The van der Waals surface area contributed by atoms with Gasteiger partial charge in [-0.25, -0.2) is 0 Å². The molecule has 214 valence electrons. The van der Waals surface area contributed by atoms with Gasteiger partial charge >= 0.3 is 0 Å². The minimum absolute atomic E-state index is 0.00713. The molecule has 0 aliphatic heterocycles. The summed E-state index contributed by atoms with van der Waals surface area (Å²) in [5, 5.41) is 23.1. The molecule has 2 saturated carbocycles. The molecule has 4 unspecified atom stereocenters. The number of hydrogen-bond acceptors (Lipinski definition) is 9. The summed E-state index contributed by atoms with van der Waals surface area (Å²) >= 11 is 0. The Morgan fingerprint density at radius 1 is 1.02 bits per heavy atom. The fourth-order valence-electron chi connectivity index (χ4n) is 6.95. The molecule has 41 heavy (non-hydrogen) atoms. The first kappa shape index (κ1) is 28.4. The number of phenols is 1. The maximum atomic E-state index is 14.1. The van der Waals surface area contributed by atoms with Crippen LogP contribution in [-0.2, 0) is 25.6 Å². The van der Waals surface area contributed by atoms with E-state index in [9.17, 15) is 34.2 Å². The van der Waals surface area contributed by atoms with Crippen LogP contribution in [-0.4, -0.2) is 84.0 Å². The van der Waals surface area contributed by atoms with Gasteiger partial charge < -0.3 is 20.8 Å². The van der Waals surface area contributed by atoms with Gasteiger partial charge in [0.15, 0.2) is 34.7 Å². The number of primary amides is 1. The zero-order valence-corrected chi connectivity index (χ0v) is 23.3. The largest absolute Gasteiger partial charge is 0.507 e. The van der Waals surface area contributed by atoms with Gasteiger partial charge in [0.05, 0.1) is 17.5 Å². The first-order valence-corrected chi connectivity index (χ1v) is 13.4. The molecular formula is C31H33N3O7. The summed E-state index contributed by atoms with van der Waals surface area (Å²) in [4.78, 5) is 70.2. The molecule has 0 saturated heterocycles. The molecule has 2 aromatic rings. The summed E-state index contributed by atoms with van der Waals surface area (Å²) in [5.74, 6) is -10.6. The zero-order chi connectivity index (χ0) is 30.0. The summed E-state index contributed by atoms with van der Waals surface area (Å²) in [6, 6.07) is 10.0. The molecule has 5 rings (SSSR count). The van der Waals surface area contributed by atoms with E-state index in [4.69, 9.17) is 5.73 Å². The highest BCUT2D eigenvalue weighted by Crippen LogP contribution is 2.52. The lowest BCUT2D eigenvalue weighted by molar-refractivity contribution is -0.181. The van der Waals surface area contributed by atoms with Crippen LogP contribution < -0.4 is 10.6 Å². The van der Waals surface area contributed by atoms with E-state index in [1.54, 1.807) is 32.3 Å². The zero-order valence-electron chi connectivity index (χ0n) is 23.3. The summed E-state index contributed by atoms with van der Waals surface area (Å²) in [6.07, 6.45) is 3.68. The molecule has 3 aliphatic rings. The molecule has 2 aromatic carbocycles. The average molecular weight is 560 g/mol. The number of nitrogens with two attached hydrogens (primary N) is 1. The third-order valence-electron chi connectivity index (χ3n) is 8.80. The van der Waals surface area contributed by atoms with Crippen molar-refractivity contribution in [3.05, 3.63) is 58.7 Å². The van der Waals surface area contributed by atoms with Crippen LogP contribution in [0.1, 0.15) is 33.5 Å². The van der Waals surface area contributed by atoms with E-state index in [2.05, 4.69) is 0 Å². The second kappa shape index (κ2) is 10.0. The number of Topliss-reactive ketones (excluding diaryl/α,β-unsaturated/α-hetero) is 4. The van der Waals surface area contributed by atoms with Crippen molar-refractivity contribution in [3.8, 4) is 5.75 Å². The second-order valence-corrected chi connectivity index (χ2v) is 11.6. The fourth-order valence-corrected chi connectivity index (χ4v) is 6.95. The van der Waals surface area contributed by atoms with E-state index in [-0.39, 0.29) is 24.2 Å². The fraction of sp³-hybridized carbons (Fsp3) is 0.387. The van der Waals surface area contributed by atoms with E-state index < -0.39 is 64.4 Å². The third kappa shape index (κ3) is 4.20.